The second-order valence-corrected chi connectivity index (χ2v) is 5.48. The van der Waals surface area contributed by atoms with E-state index in [0.717, 1.165) is 11.3 Å². The Morgan fingerprint density at radius 1 is 1.52 bits per heavy atom. The van der Waals surface area contributed by atoms with Crippen molar-refractivity contribution in [2.45, 2.75) is 38.4 Å². The Labute approximate surface area is 123 Å². The molecule has 1 aliphatic rings. The molecule has 1 saturated carbocycles. The molecule has 21 heavy (non-hydrogen) atoms. The Morgan fingerprint density at radius 3 is 3.05 bits per heavy atom. The highest BCUT2D eigenvalue weighted by Gasteiger charge is 2.25. The summed E-state index contributed by atoms with van der Waals surface area (Å²) in [6.45, 7) is 2.72. The third-order valence-electron chi connectivity index (χ3n) is 3.86. The van der Waals surface area contributed by atoms with Crippen LogP contribution in [0.2, 0.25) is 0 Å². The average molecular weight is 286 g/mol. The highest BCUT2D eigenvalue weighted by molar-refractivity contribution is 5.35. The molecule has 1 heterocycles. The monoisotopic (exact) mass is 286 g/mol. The van der Waals surface area contributed by atoms with E-state index in [1.54, 1.807) is 12.1 Å². The molecule has 6 heteroatoms. The van der Waals surface area contributed by atoms with E-state index in [4.69, 9.17) is 0 Å². The first-order valence-electron chi connectivity index (χ1n) is 7.13. The van der Waals surface area contributed by atoms with Crippen LogP contribution in [-0.4, -0.2) is 14.5 Å². The Kier molecular flexibility index (Phi) is 3.70. The molecule has 0 amide bonds. The quantitative estimate of drug-likeness (QED) is 0.654. The molecular formula is C15H18N4O2. The van der Waals surface area contributed by atoms with Gasteiger partial charge in [-0.1, -0.05) is 12.1 Å². The van der Waals surface area contributed by atoms with Gasteiger partial charge in [-0.05, 0) is 25.3 Å². The fourth-order valence-corrected chi connectivity index (χ4v) is 2.43. The fourth-order valence-electron chi connectivity index (χ4n) is 2.43. The molecule has 3 rings (SSSR count). The van der Waals surface area contributed by atoms with E-state index in [-0.39, 0.29) is 16.7 Å². The average Bonchev–Trinajstić information content (AvgIpc) is 3.23. The van der Waals surface area contributed by atoms with E-state index in [1.807, 2.05) is 25.5 Å². The number of aromatic nitrogens is 2. The zero-order valence-electron chi connectivity index (χ0n) is 11.9. The summed E-state index contributed by atoms with van der Waals surface area (Å²) in [6.07, 6.45) is 6.21. The van der Waals surface area contributed by atoms with Crippen LogP contribution in [0.3, 0.4) is 0 Å². The van der Waals surface area contributed by atoms with Gasteiger partial charge in [-0.3, -0.25) is 10.1 Å². The van der Waals surface area contributed by atoms with Crippen molar-refractivity contribution in [3.05, 3.63) is 58.2 Å². The van der Waals surface area contributed by atoms with Crippen molar-refractivity contribution < 1.29 is 4.92 Å². The Hall–Kier alpha value is -2.21. The second-order valence-electron chi connectivity index (χ2n) is 5.48. The molecule has 1 N–H and O–H groups in total. The van der Waals surface area contributed by atoms with Gasteiger partial charge in [-0.2, -0.15) is 0 Å². The maximum absolute atomic E-state index is 10.8. The van der Waals surface area contributed by atoms with Gasteiger partial charge in [0, 0.05) is 37.0 Å². The van der Waals surface area contributed by atoms with E-state index in [2.05, 4.69) is 14.9 Å². The minimum atomic E-state index is -0.363. The van der Waals surface area contributed by atoms with Crippen molar-refractivity contribution in [1.82, 2.24) is 14.9 Å². The lowest BCUT2D eigenvalue weighted by atomic mass is 10.1. The van der Waals surface area contributed by atoms with Crippen LogP contribution in [0.25, 0.3) is 0 Å². The molecule has 0 bridgehead atoms. The van der Waals surface area contributed by atoms with Gasteiger partial charge in [0.1, 0.15) is 0 Å². The SMILES string of the molecule is CC(NCc1cncn1C1CC1)c1cccc([N+](=O)[O-])c1. The number of nitro groups is 1. The third kappa shape index (κ3) is 3.11. The minimum absolute atomic E-state index is 0.0486. The predicted molar refractivity (Wildman–Crippen MR) is 78.8 cm³/mol. The summed E-state index contributed by atoms with van der Waals surface area (Å²) in [7, 11) is 0. The second kappa shape index (κ2) is 5.65. The minimum Gasteiger partial charge on any atom is -0.330 e. The van der Waals surface area contributed by atoms with Crippen molar-refractivity contribution in [1.29, 1.82) is 0 Å². The topological polar surface area (TPSA) is 73.0 Å². The molecule has 0 saturated heterocycles. The first-order chi connectivity index (χ1) is 10.1. The van der Waals surface area contributed by atoms with Crippen molar-refractivity contribution in [2.75, 3.05) is 0 Å². The number of nitrogens with zero attached hydrogens (tertiary/aromatic N) is 3. The normalized spacial score (nSPS) is 15.9. The Bertz CT molecular complexity index is 649. The number of benzene rings is 1. The number of hydrogen-bond donors (Lipinski definition) is 1. The van der Waals surface area contributed by atoms with Gasteiger partial charge in [-0.25, -0.2) is 4.98 Å². The summed E-state index contributed by atoms with van der Waals surface area (Å²) in [5.41, 5.74) is 2.21. The summed E-state index contributed by atoms with van der Waals surface area (Å²) in [4.78, 5) is 14.7. The van der Waals surface area contributed by atoms with Crippen LogP contribution in [0, 0.1) is 10.1 Å². The molecule has 1 aliphatic carbocycles. The maximum Gasteiger partial charge on any atom is 0.269 e. The molecule has 1 aromatic carbocycles. The van der Waals surface area contributed by atoms with Gasteiger partial charge >= 0.3 is 0 Å². The summed E-state index contributed by atoms with van der Waals surface area (Å²) < 4.78 is 2.22. The zero-order valence-corrected chi connectivity index (χ0v) is 11.9. The van der Waals surface area contributed by atoms with Gasteiger partial charge < -0.3 is 9.88 Å². The Balaban J connectivity index is 1.66. The van der Waals surface area contributed by atoms with E-state index in [1.165, 1.54) is 18.9 Å². The van der Waals surface area contributed by atoms with Crippen molar-refractivity contribution in [3.8, 4) is 0 Å². The molecule has 6 nitrogen and oxygen atoms in total. The van der Waals surface area contributed by atoms with Gasteiger partial charge in [0.05, 0.1) is 16.9 Å². The van der Waals surface area contributed by atoms with Gasteiger partial charge in [0.25, 0.3) is 5.69 Å². The molecule has 110 valence electrons. The van der Waals surface area contributed by atoms with Gasteiger partial charge in [0.15, 0.2) is 0 Å². The number of non-ortho nitro benzene ring substituents is 1. The first-order valence-corrected chi connectivity index (χ1v) is 7.13. The largest absolute Gasteiger partial charge is 0.330 e. The molecule has 1 atom stereocenters. The van der Waals surface area contributed by atoms with E-state index in [9.17, 15) is 10.1 Å². The van der Waals surface area contributed by atoms with Crippen LogP contribution in [0.5, 0.6) is 0 Å². The highest BCUT2D eigenvalue weighted by Crippen LogP contribution is 2.35. The van der Waals surface area contributed by atoms with Crippen LogP contribution in [0.1, 0.15) is 43.1 Å². The molecule has 1 aromatic heterocycles. The molecule has 0 aliphatic heterocycles. The van der Waals surface area contributed by atoms with Gasteiger partial charge in [0.2, 0.25) is 0 Å². The molecule has 0 spiro atoms. The van der Waals surface area contributed by atoms with E-state index in [0.29, 0.717) is 12.6 Å². The van der Waals surface area contributed by atoms with Crippen molar-refractivity contribution >= 4 is 5.69 Å². The van der Waals surface area contributed by atoms with Crippen LogP contribution >= 0.6 is 0 Å². The first kappa shape index (κ1) is 13.8. The van der Waals surface area contributed by atoms with E-state index >= 15 is 0 Å². The highest BCUT2D eigenvalue weighted by atomic mass is 16.6. The molecule has 1 fully saturated rings. The lowest BCUT2D eigenvalue weighted by molar-refractivity contribution is -0.384. The smallest absolute Gasteiger partial charge is 0.269 e. The summed E-state index contributed by atoms with van der Waals surface area (Å²) in [5, 5.41) is 14.2. The molecule has 1 unspecified atom stereocenters. The third-order valence-corrected chi connectivity index (χ3v) is 3.86. The number of hydrogen-bond acceptors (Lipinski definition) is 4. The maximum atomic E-state index is 10.8. The number of nitro benzene ring substituents is 1. The number of imidazole rings is 1. The standard InChI is InChI=1S/C15H18N4O2/c1-11(12-3-2-4-14(7-12)19(20)21)17-9-15-8-16-10-18(15)13-5-6-13/h2-4,7-8,10-11,13,17H,5-6,9H2,1H3. The summed E-state index contributed by atoms with van der Waals surface area (Å²) in [5.74, 6) is 0. The predicted octanol–water partition coefficient (Wildman–Crippen LogP) is 2.98. The number of rotatable bonds is 6. The van der Waals surface area contributed by atoms with Gasteiger partial charge in [-0.15, -0.1) is 0 Å². The summed E-state index contributed by atoms with van der Waals surface area (Å²) >= 11 is 0. The van der Waals surface area contributed by atoms with Crippen LogP contribution in [0.15, 0.2) is 36.8 Å². The molecular weight excluding hydrogens is 268 g/mol. The molecule has 0 radical (unpaired) electrons. The van der Waals surface area contributed by atoms with E-state index < -0.39 is 0 Å². The molecule has 2 aromatic rings. The van der Waals surface area contributed by atoms with Crippen LogP contribution in [0.4, 0.5) is 5.69 Å². The summed E-state index contributed by atoms with van der Waals surface area (Å²) in [6, 6.07) is 7.42. The van der Waals surface area contributed by atoms with Crippen molar-refractivity contribution in [2.24, 2.45) is 0 Å². The van der Waals surface area contributed by atoms with Crippen LogP contribution < -0.4 is 5.32 Å². The number of nitrogens with one attached hydrogen (secondary N) is 1. The van der Waals surface area contributed by atoms with Crippen molar-refractivity contribution in [3.63, 3.8) is 0 Å². The zero-order chi connectivity index (χ0) is 14.8. The lowest BCUT2D eigenvalue weighted by Gasteiger charge is -2.15. The fraction of sp³-hybridized carbons (Fsp3) is 0.400. The Morgan fingerprint density at radius 2 is 2.33 bits per heavy atom. The van der Waals surface area contributed by atoms with Crippen LogP contribution in [-0.2, 0) is 6.54 Å². The lowest BCUT2D eigenvalue weighted by Crippen LogP contribution is -2.20.